The van der Waals surface area contributed by atoms with Gasteiger partial charge in [-0.2, -0.15) is 4.98 Å². The Morgan fingerprint density at radius 2 is 1.97 bits per heavy atom. The van der Waals surface area contributed by atoms with Crippen molar-refractivity contribution in [3.63, 3.8) is 0 Å². The number of hydrogen-bond donors (Lipinski definition) is 1. The number of nitrogens with zero attached hydrogens (tertiary/aromatic N) is 3. The van der Waals surface area contributed by atoms with Gasteiger partial charge < -0.3 is 19.5 Å². The number of rotatable bonds is 10. The monoisotopic (exact) mass is 436 g/mol. The van der Waals surface area contributed by atoms with Gasteiger partial charge in [0, 0.05) is 23.8 Å². The van der Waals surface area contributed by atoms with Crippen molar-refractivity contribution in [2.45, 2.75) is 26.2 Å². The van der Waals surface area contributed by atoms with E-state index >= 15 is 0 Å². The molecule has 0 spiro atoms. The number of anilines is 1. The second kappa shape index (κ2) is 10.3. The molecular weight excluding hydrogens is 408 g/mol. The van der Waals surface area contributed by atoms with Crippen LogP contribution in [0.25, 0.3) is 17.1 Å². The van der Waals surface area contributed by atoms with Crippen LogP contribution < -0.4 is 14.8 Å². The molecule has 1 N–H and O–H groups in total. The third kappa shape index (κ3) is 5.08. The summed E-state index contributed by atoms with van der Waals surface area (Å²) in [7, 11) is 1.63. The van der Waals surface area contributed by atoms with E-state index in [4.69, 9.17) is 14.2 Å². The number of nitrogens with one attached hydrogen (secondary N) is 1. The van der Waals surface area contributed by atoms with Gasteiger partial charge in [0.05, 0.1) is 19.4 Å². The lowest BCUT2D eigenvalue weighted by molar-refractivity contribution is -0.122. The minimum atomic E-state index is 0.0716. The second-order valence-electron chi connectivity index (χ2n) is 7.57. The smallest absolute Gasteiger partial charge is 0.336 e. The fourth-order valence-corrected chi connectivity index (χ4v) is 3.43. The van der Waals surface area contributed by atoms with E-state index in [0.29, 0.717) is 25.6 Å². The predicted octanol–water partition coefficient (Wildman–Crippen LogP) is 4.10. The number of methoxy groups -OCH3 is 1. The van der Waals surface area contributed by atoms with Crippen molar-refractivity contribution in [1.82, 2.24) is 14.8 Å². The van der Waals surface area contributed by atoms with E-state index in [2.05, 4.69) is 15.4 Å². The molecule has 3 aromatic rings. The van der Waals surface area contributed by atoms with Crippen LogP contribution in [0.5, 0.6) is 11.8 Å². The van der Waals surface area contributed by atoms with E-state index in [0.717, 1.165) is 42.0 Å². The first-order chi connectivity index (χ1) is 15.7. The fraction of sp³-hybridized carbons (Fsp3) is 0.375. The van der Waals surface area contributed by atoms with Crippen molar-refractivity contribution in [2.24, 2.45) is 5.92 Å². The quantitative estimate of drug-likeness (QED) is 0.482. The zero-order valence-electron chi connectivity index (χ0n) is 18.4. The van der Waals surface area contributed by atoms with E-state index in [1.807, 2.05) is 55.5 Å². The van der Waals surface area contributed by atoms with Crippen LogP contribution in [0.1, 0.15) is 26.2 Å². The molecule has 168 valence electrons. The lowest BCUT2D eigenvalue weighted by atomic mass is 9.85. The molecule has 1 fully saturated rings. The molecule has 0 radical (unpaired) electrons. The highest BCUT2D eigenvalue weighted by molar-refractivity contribution is 5.93. The van der Waals surface area contributed by atoms with Gasteiger partial charge in [0.15, 0.2) is 5.82 Å². The molecule has 0 saturated heterocycles. The summed E-state index contributed by atoms with van der Waals surface area (Å²) in [6.07, 6.45) is 3.03. The van der Waals surface area contributed by atoms with Crippen LogP contribution in [0.15, 0.2) is 48.5 Å². The normalized spacial score (nSPS) is 13.4. The predicted molar refractivity (Wildman–Crippen MR) is 121 cm³/mol. The molecule has 1 aromatic heterocycles. The highest BCUT2D eigenvalue weighted by Gasteiger charge is 2.25. The van der Waals surface area contributed by atoms with E-state index in [-0.39, 0.29) is 17.8 Å². The molecule has 1 saturated carbocycles. The Labute approximate surface area is 187 Å². The van der Waals surface area contributed by atoms with Gasteiger partial charge in [-0.25, -0.2) is 4.68 Å². The molecule has 2 aromatic carbocycles. The van der Waals surface area contributed by atoms with Gasteiger partial charge in [-0.15, -0.1) is 5.10 Å². The Morgan fingerprint density at radius 3 is 2.66 bits per heavy atom. The zero-order chi connectivity index (χ0) is 22.3. The molecule has 1 aliphatic rings. The Hall–Kier alpha value is -3.39. The van der Waals surface area contributed by atoms with Crippen molar-refractivity contribution in [1.29, 1.82) is 0 Å². The minimum Gasteiger partial charge on any atom is -0.497 e. The van der Waals surface area contributed by atoms with Crippen molar-refractivity contribution in [3.05, 3.63) is 48.5 Å². The SMILES string of the molecule is CCOCCOc1nc(-c2ccc(OC)cc2)n(-c2cccc(NC(=O)C3CCC3)c2)n1. The second-order valence-corrected chi connectivity index (χ2v) is 7.57. The van der Waals surface area contributed by atoms with Crippen molar-refractivity contribution < 1.29 is 19.0 Å². The Bertz CT molecular complexity index is 1040. The topological polar surface area (TPSA) is 87.5 Å². The van der Waals surface area contributed by atoms with E-state index < -0.39 is 0 Å². The van der Waals surface area contributed by atoms with E-state index in [9.17, 15) is 4.79 Å². The molecule has 1 amide bonds. The third-order valence-corrected chi connectivity index (χ3v) is 5.43. The maximum absolute atomic E-state index is 12.4. The summed E-state index contributed by atoms with van der Waals surface area (Å²) in [5.41, 5.74) is 2.37. The van der Waals surface area contributed by atoms with Gasteiger partial charge in [0.25, 0.3) is 0 Å². The number of amides is 1. The van der Waals surface area contributed by atoms with Crippen LogP contribution in [-0.4, -0.2) is 47.6 Å². The molecule has 8 nitrogen and oxygen atoms in total. The number of benzene rings is 2. The van der Waals surface area contributed by atoms with Crippen molar-refractivity contribution >= 4 is 11.6 Å². The van der Waals surface area contributed by atoms with Gasteiger partial charge in [0.2, 0.25) is 5.91 Å². The Balaban J connectivity index is 1.62. The molecule has 1 aliphatic carbocycles. The number of carbonyl (C=O) groups excluding carboxylic acids is 1. The standard InChI is InChI=1S/C24H28N4O4/c1-3-31-14-15-32-24-26-22(17-10-12-21(30-2)13-11-17)28(27-24)20-9-5-8-19(16-20)25-23(29)18-6-4-7-18/h5,8-13,16,18H,3-4,6-7,14-15H2,1-2H3,(H,25,29). The first kappa shape index (κ1) is 21.8. The van der Waals surface area contributed by atoms with E-state index in [1.54, 1.807) is 11.8 Å². The maximum Gasteiger partial charge on any atom is 0.336 e. The molecule has 0 atom stereocenters. The fourth-order valence-electron chi connectivity index (χ4n) is 3.43. The average molecular weight is 437 g/mol. The van der Waals surface area contributed by atoms with Crippen LogP contribution in [0, 0.1) is 5.92 Å². The molecule has 0 aliphatic heterocycles. The first-order valence-corrected chi connectivity index (χ1v) is 10.9. The maximum atomic E-state index is 12.4. The molecule has 0 bridgehead atoms. The van der Waals surface area contributed by atoms with E-state index in [1.165, 1.54) is 0 Å². The number of ether oxygens (including phenoxy) is 3. The molecule has 4 rings (SSSR count). The van der Waals surface area contributed by atoms with Crippen LogP contribution in [0.4, 0.5) is 5.69 Å². The summed E-state index contributed by atoms with van der Waals surface area (Å²) in [5, 5.41) is 7.58. The first-order valence-electron chi connectivity index (χ1n) is 10.9. The van der Waals surface area contributed by atoms with Crippen LogP contribution in [0.3, 0.4) is 0 Å². The van der Waals surface area contributed by atoms with Crippen LogP contribution >= 0.6 is 0 Å². The zero-order valence-corrected chi connectivity index (χ0v) is 18.4. The highest BCUT2D eigenvalue weighted by Crippen LogP contribution is 2.29. The third-order valence-electron chi connectivity index (χ3n) is 5.43. The van der Waals surface area contributed by atoms with Gasteiger partial charge in [0.1, 0.15) is 12.4 Å². The lowest BCUT2D eigenvalue weighted by Crippen LogP contribution is -2.28. The van der Waals surface area contributed by atoms with Crippen molar-refractivity contribution in [2.75, 3.05) is 32.2 Å². The summed E-state index contributed by atoms with van der Waals surface area (Å²) >= 11 is 0. The highest BCUT2D eigenvalue weighted by atomic mass is 16.5. The lowest BCUT2D eigenvalue weighted by Gasteiger charge is -2.24. The molecule has 1 heterocycles. The molecule has 8 heteroatoms. The van der Waals surface area contributed by atoms with Crippen molar-refractivity contribution in [3.8, 4) is 28.8 Å². The average Bonchev–Trinajstić information content (AvgIpc) is 3.20. The minimum absolute atomic E-state index is 0.0716. The molecule has 0 unspecified atom stereocenters. The number of aromatic nitrogens is 3. The summed E-state index contributed by atoms with van der Waals surface area (Å²) in [6.45, 7) is 3.39. The Kier molecular flexibility index (Phi) is 7.01. The molecular formula is C24H28N4O4. The summed E-state index contributed by atoms with van der Waals surface area (Å²) < 4.78 is 18.0. The molecule has 32 heavy (non-hydrogen) atoms. The summed E-state index contributed by atoms with van der Waals surface area (Å²) in [5.74, 6) is 1.57. The van der Waals surface area contributed by atoms with Gasteiger partial charge in [-0.1, -0.05) is 12.5 Å². The largest absolute Gasteiger partial charge is 0.497 e. The van der Waals surface area contributed by atoms with Crippen LogP contribution in [-0.2, 0) is 9.53 Å². The van der Waals surface area contributed by atoms with Gasteiger partial charge in [-0.05, 0) is 62.2 Å². The summed E-state index contributed by atoms with van der Waals surface area (Å²) in [4.78, 5) is 17.0. The number of hydrogen-bond acceptors (Lipinski definition) is 6. The summed E-state index contributed by atoms with van der Waals surface area (Å²) in [6, 6.07) is 15.4. The van der Waals surface area contributed by atoms with Gasteiger partial charge in [-0.3, -0.25) is 4.79 Å². The van der Waals surface area contributed by atoms with Crippen LogP contribution in [0.2, 0.25) is 0 Å². The Morgan fingerprint density at radius 1 is 1.16 bits per heavy atom. The number of carbonyl (C=O) groups is 1. The van der Waals surface area contributed by atoms with Gasteiger partial charge >= 0.3 is 6.01 Å².